The van der Waals surface area contributed by atoms with Crippen LogP contribution in [0, 0.1) is 0 Å². The van der Waals surface area contributed by atoms with E-state index in [1.165, 1.54) is 33.6 Å². The Bertz CT molecular complexity index is 756. The van der Waals surface area contributed by atoms with Gasteiger partial charge in [-0.15, -0.1) is 0 Å². The van der Waals surface area contributed by atoms with Crippen molar-refractivity contribution in [1.29, 1.82) is 0 Å². The summed E-state index contributed by atoms with van der Waals surface area (Å²) in [5.74, 6) is 1.92. The fourth-order valence-corrected chi connectivity index (χ4v) is 4.24. The summed E-state index contributed by atoms with van der Waals surface area (Å²) in [6.07, 6.45) is 4.43. The largest absolute Gasteiger partial charge is 0.400 e. The Morgan fingerprint density at radius 1 is 0.517 bits per heavy atom. The van der Waals surface area contributed by atoms with E-state index in [0.717, 1.165) is 0 Å². The minimum Gasteiger partial charge on any atom is -0.373 e. The Balaban J connectivity index is 2.05. The number of nitrogens with zero attached hydrogens (tertiary/aromatic N) is 2. The van der Waals surface area contributed by atoms with Gasteiger partial charge in [0.25, 0.3) is 0 Å². The highest BCUT2D eigenvalue weighted by atomic mass is 15.2. The number of benzene rings is 2. The maximum atomic E-state index is 2.33. The fraction of sp³-hybridized carbons (Fsp3) is 0.462. The molecule has 0 spiro atoms. The van der Waals surface area contributed by atoms with Crippen LogP contribution >= 0.6 is 0 Å². The van der Waals surface area contributed by atoms with Gasteiger partial charge < -0.3 is 9.62 Å². The molecule has 0 N–H and O–H groups in total. The van der Waals surface area contributed by atoms with E-state index in [4.69, 9.17) is 0 Å². The monoisotopic (exact) mass is 387 g/mol. The summed E-state index contributed by atoms with van der Waals surface area (Å²) in [6.45, 7) is 18.3. The summed E-state index contributed by atoms with van der Waals surface area (Å²) in [5, 5.41) is 0. The second-order valence-electron chi connectivity index (χ2n) is 9.42. The van der Waals surface area contributed by atoms with Crippen LogP contribution in [0.2, 0.25) is 0 Å². The zero-order valence-electron chi connectivity index (χ0n) is 19.4. The topological polar surface area (TPSA) is 6.48 Å². The van der Waals surface area contributed by atoms with Gasteiger partial charge in [0.05, 0.1) is 0 Å². The van der Waals surface area contributed by atoms with Gasteiger partial charge in [-0.1, -0.05) is 91.8 Å². The summed E-state index contributed by atoms with van der Waals surface area (Å²) >= 11 is 0. The van der Waals surface area contributed by atoms with Crippen molar-refractivity contribution in [2.75, 3.05) is 9.62 Å². The molecule has 2 aromatic carbocycles. The molecule has 0 fully saturated rings. The number of para-hydroxylation sites is 2. The smallest absolute Gasteiger partial charge is 0.373 e. The lowest BCUT2D eigenvalue weighted by atomic mass is 9.87. The first-order valence-electron chi connectivity index (χ1n) is 11.1. The Kier molecular flexibility index (Phi) is 6.46. The average Bonchev–Trinajstić information content (AvgIpc) is 3.15. The first kappa shape index (κ1) is 21.6. The van der Waals surface area contributed by atoms with Crippen molar-refractivity contribution in [3.05, 3.63) is 71.1 Å². The summed E-state index contributed by atoms with van der Waals surface area (Å²) < 4.78 is 0. The third kappa shape index (κ3) is 4.24. The lowest BCUT2D eigenvalue weighted by Crippen LogP contribution is -2.32. The number of hydrogen-bond acceptors (Lipinski definition) is 2. The van der Waals surface area contributed by atoms with Crippen LogP contribution in [0.5, 0.6) is 0 Å². The molecule has 2 nitrogen and oxygen atoms in total. The third-order valence-corrected chi connectivity index (χ3v) is 5.84. The van der Waals surface area contributed by atoms with Gasteiger partial charge >= 0.3 is 7.55 Å². The molecule has 2 aromatic rings. The summed E-state index contributed by atoms with van der Waals surface area (Å²) in [4.78, 5) is 4.65. The zero-order chi connectivity index (χ0) is 21.3. The van der Waals surface area contributed by atoms with Gasteiger partial charge in [0.2, 0.25) is 0 Å². The van der Waals surface area contributed by atoms with E-state index in [9.17, 15) is 0 Å². The Morgan fingerprint density at radius 3 is 1.03 bits per heavy atom. The van der Waals surface area contributed by atoms with Gasteiger partial charge in [0.1, 0.15) is 0 Å². The molecule has 1 radical (unpaired) electrons. The van der Waals surface area contributed by atoms with Crippen LogP contribution in [0.4, 0.5) is 11.4 Å². The molecule has 1 aliphatic rings. The van der Waals surface area contributed by atoms with Crippen molar-refractivity contribution < 1.29 is 0 Å². The molecule has 0 saturated heterocycles. The highest BCUT2D eigenvalue weighted by Gasteiger charge is 2.28. The third-order valence-electron chi connectivity index (χ3n) is 5.84. The lowest BCUT2D eigenvalue weighted by Gasteiger charge is -2.30. The van der Waals surface area contributed by atoms with Gasteiger partial charge in [0.15, 0.2) is 0 Å². The summed E-state index contributed by atoms with van der Waals surface area (Å²) in [6, 6.07) is 13.5. The molecule has 153 valence electrons. The Labute approximate surface area is 178 Å². The quantitative estimate of drug-likeness (QED) is 0.473. The normalized spacial score (nSPS) is 14.1. The van der Waals surface area contributed by atoms with Crippen molar-refractivity contribution in [3.8, 4) is 0 Å². The SMILES string of the molecule is CC(C)c1cccc(C(C)C)c1N1[B]N(c2c(C(C)C)cccc2C(C)C)C=C1. The fourth-order valence-electron chi connectivity index (χ4n) is 4.24. The van der Waals surface area contributed by atoms with Crippen LogP contribution < -0.4 is 9.62 Å². The average molecular weight is 387 g/mol. The van der Waals surface area contributed by atoms with E-state index in [0.29, 0.717) is 23.7 Å². The van der Waals surface area contributed by atoms with E-state index in [2.05, 4.69) is 121 Å². The van der Waals surface area contributed by atoms with E-state index >= 15 is 0 Å². The molecule has 1 aliphatic heterocycles. The van der Waals surface area contributed by atoms with Crippen LogP contribution in [-0.2, 0) is 0 Å². The predicted octanol–water partition coefficient (Wildman–Crippen LogP) is 7.51. The van der Waals surface area contributed by atoms with Crippen LogP contribution in [0.3, 0.4) is 0 Å². The molecular weight excluding hydrogens is 351 g/mol. The molecule has 0 aromatic heterocycles. The predicted molar refractivity (Wildman–Crippen MR) is 129 cm³/mol. The highest BCUT2D eigenvalue weighted by Crippen LogP contribution is 2.40. The molecule has 29 heavy (non-hydrogen) atoms. The van der Waals surface area contributed by atoms with Gasteiger partial charge in [-0.25, -0.2) is 0 Å². The molecular formula is C26H36BN2. The maximum Gasteiger partial charge on any atom is 0.400 e. The number of hydrogen-bond donors (Lipinski definition) is 0. The maximum absolute atomic E-state index is 2.33. The lowest BCUT2D eigenvalue weighted by molar-refractivity contribution is 0.832. The second-order valence-corrected chi connectivity index (χ2v) is 9.42. The first-order valence-corrected chi connectivity index (χ1v) is 11.1. The first-order chi connectivity index (χ1) is 13.7. The molecule has 0 bridgehead atoms. The molecule has 0 aliphatic carbocycles. The summed E-state index contributed by atoms with van der Waals surface area (Å²) in [5.41, 5.74) is 8.29. The summed E-state index contributed by atoms with van der Waals surface area (Å²) in [7, 11) is 2.26. The Morgan fingerprint density at radius 2 is 0.793 bits per heavy atom. The van der Waals surface area contributed by atoms with Gasteiger partial charge in [-0.3, -0.25) is 0 Å². The number of anilines is 2. The van der Waals surface area contributed by atoms with Crippen molar-refractivity contribution in [1.82, 2.24) is 0 Å². The van der Waals surface area contributed by atoms with Crippen LogP contribution in [0.25, 0.3) is 0 Å². The van der Waals surface area contributed by atoms with Crippen LogP contribution in [0.1, 0.15) is 101 Å². The zero-order valence-corrected chi connectivity index (χ0v) is 19.4. The standard InChI is InChI=1S/C26H36BN2/c1-17(2)21-11-9-12-22(18(3)4)25(21)28-15-16-29(27-28)26-23(19(5)6)13-10-14-24(26)20(7)8/h9-20H,1-8H3. The van der Waals surface area contributed by atoms with Crippen molar-refractivity contribution in [2.24, 2.45) is 0 Å². The molecule has 3 rings (SSSR count). The van der Waals surface area contributed by atoms with Crippen molar-refractivity contribution in [3.63, 3.8) is 0 Å². The molecule has 0 saturated carbocycles. The van der Waals surface area contributed by atoms with Gasteiger partial charge in [-0.2, -0.15) is 0 Å². The molecule has 0 atom stereocenters. The van der Waals surface area contributed by atoms with Crippen LogP contribution in [0.15, 0.2) is 48.8 Å². The van der Waals surface area contributed by atoms with Crippen LogP contribution in [-0.4, -0.2) is 7.55 Å². The van der Waals surface area contributed by atoms with Crippen molar-refractivity contribution >= 4 is 18.9 Å². The van der Waals surface area contributed by atoms with E-state index in [-0.39, 0.29) is 0 Å². The molecule has 0 unspecified atom stereocenters. The highest BCUT2D eigenvalue weighted by molar-refractivity contribution is 6.50. The van der Waals surface area contributed by atoms with E-state index in [1.807, 2.05) is 0 Å². The van der Waals surface area contributed by atoms with E-state index < -0.39 is 0 Å². The van der Waals surface area contributed by atoms with Gasteiger partial charge in [-0.05, 0) is 45.9 Å². The Hall–Kier alpha value is -2.16. The minimum atomic E-state index is 0.480. The molecule has 3 heteroatoms. The van der Waals surface area contributed by atoms with Gasteiger partial charge in [0, 0.05) is 23.8 Å². The van der Waals surface area contributed by atoms with Crippen molar-refractivity contribution in [2.45, 2.75) is 79.1 Å². The molecule has 0 amide bonds. The second kappa shape index (κ2) is 8.69. The number of rotatable bonds is 6. The minimum absolute atomic E-state index is 0.480. The molecule has 1 heterocycles. The van der Waals surface area contributed by atoms with E-state index in [1.54, 1.807) is 0 Å².